The van der Waals surface area contributed by atoms with E-state index < -0.39 is 0 Å². The van der Waals surface area contributed by atoms with Crippen LogP contribution in [0.5, 0.6) is 0 Å². The van der Waals surface area contributed by atoms with E-state index in [4.69, 9.17) is 0 Å². The molecule has 1 atom stereocenters. The first-order valence-electron chi connectivity index (χ1n) is 6.57. The zero-order chi connectivity index (χ0) is 13.4. The Hall–Kier alpha value is -0.960. The van der Waals surface area contributed by atoms with Gasteiger partial charge in [0.2, 0.25) is 0 Å². The van der Waals surface area contributed by atoms with E-state index in [0.717, 1.165) is 18.6 Å². The first-order chi connectivity index (χ1) is 8.59. The zero-order valence-electron chi connectivity index (χ0n) is 11.5. The topological polar surface area (TPSA) is 29.1 Å². The number of hydrogen-bond acceptors (Lipinski definition) is 2. The largest absolute Gasteiger partial charge is 0.344 e. The van der Waals surface area contributed by atoms with Gasteiger partial charge < -0.3 is 5.32 Å². The minimum Gasteiger partial charge on any atom is -0.344 e. The van der Waals surface area contributed by atoms with Crippen LogP contribution in [0.15, 0.2) is 30.3 Å². The van der Waals surface area contributed by atoms with Crippen LogP contribution < -0.4 is 5.32 Å². The van der Waals surface area contributed by atoms with Crippen molar-refractivity contribution in [2.75, 3.05) is 5.75 Å². The number of carbonyl (C=O) groups is 1. The Kier molecular flexibility index (Phi) is 6.88. The summed E-state index contributed by atoms with van der Waals surface area (Å²) in [7, 11) is 0. The zero-order valence-corrected chi connectivity index (χ0v) is 12.3. The highest BCUT2D eigenvalue weighted by molar-refractivity contribution is 8.13. The van der Waals surface area contributed by atoms with E-state index in [2.05, 4.69) is 43.4 Å². The number of amides is 1. The first kappa shape index (κ1) is 15.1. The Labute approximate surface area is 115 Å². The van der Waals surface area contributed by atoms with Crippen molar-refractivity contribution in [2.45, 2.75) is 39.7 Å². The van der Waals surface area contributed by atoms with Crippen molar-refractivity contribution in [2.24, 2.45) is 5.92 Å². The lowest BCUT2D eigenvalue weighted by molar-refractivity contribution is 0.255. The second-order valence-electron chi connectivity index (χ2n) is 4.90. The average Bonchev–Trinajstić information content (AvgIpc) is 2.35. The van der Waals surface area contributed by atoms with E-state index in [1.807, 2.05) is 13.0 Å². The van der Waals surface area contributed by atoms with Crippen molar-refractivity contribution < 1.29 is 4.79 Å². The van der Waals surface area contributed by atoms with Crippen LogP contribution in [-0.2, 0) is 6.42 Å². The molecule has 1 rings (SSSR count). The van der Waals surface area contributed by atoms with Crippen molar-refractivity contribution in [1.82, 2.24) is 5.32 Å². The predicted octanol–water partition coefficient (Wildman–Crippen LogP) is 4.11. The molecular weight excluding hydrogens is 242 g/mol. The van der Waals surface area contributed by atoms with E-state index in [0.29, 0.717) is 5.92 Å². The summed E-state index contributed by atoms with van der Waals surface area (Å²) in [5, 5.41) is 3.10. The van der Waals surface area contributed by atoms with Crippen LogP contribution in [0.3, 0.4) is 0 Å². The summed E-state index contributed by atoms with van der Waals surface area (Å²) >= 11 is 1.39. The standard InChI is InChI=1S/C15H23NOS/c1-12(2)13(3)16-15(17)18-11-7-10-14-8-5-4-6-9-14/h4-6,8-9,12-13H,7,10-11H2,1-3H3,(H,16,17). The van der Waals surface area contributed by atoms with Crippen molar-refractivity contribution in [1.29, 1.82) is 0 Å². The highest BCUT2D eigenvalue weighted by atomic mass is 32.2. The number of hydrogen-bond donors (Lipinski definition) is 1. The third-order valence-corrected chi connectivity index (χ3v) is 3.90. The molecule has 1 N–H and O–H groups in total. The number of nitrogens with one attached hydrogen (secondary N) is 1. The molecule has 0 spiro atoms. The summed E-state index contributed by atoms with van der Waals surface area (Å²) in [5.74, 6) is 1.37. The van der Waals surface area contributed by atoms with Crippen LogP contribution in [-0.4, -0.2) is 17.0 Å². The summed E-state index contributed by atoms with van der Waals surface area (Å²) in [6, 6.07) is 10.6. The second-order valence-corrected chi connectivity index (χ2v) is 5.97. The molecule has 2 nitrogen and oxygen atoms in total. The maximum absolute atomic E-state index is 11.6. The molecule has 0 heterocycles. The van der Waals surface area contributed by atoms with Gasteiger partial charge in [-0.05, 0) is 31.2 Å². The molecule has 18 heavy (non-hydrogen) atoms. The van der Waals surface area contributed by atoms with Gasteiger partial charge in [0.1, 0.15) is 0 Å². The molecule has 3 heteroatoms. The number of thioether (sulfide) groups is 1. The normalized spacial score (nSPS) is 12.4. The fourth-order valence-electron chi connectivity index (χ4n) is 1.48. The van der Waals surface area contributed by atoms with Gasteiger partial charge in [-0.15, -0.1) is 0 Å². The minimum absolute atomic E-state index is 0.101. The summed E-state index contributed by atoms with van der Waals surface area (Å²) in [5.41, 5.74) is 1.34. The Bertz CT molecular complexity index is 351. The molecule has 0 fully saturated rings. The Morgan fingerprint density at radius 1 is 1.22 bits per heavy atom. The van der Waals surface area contributed by atoms with Gasteiger partial charge in [0.15, 0.2) is 0 Å². The van der Waals surface area contributed by atoms with Gasteiger partial charge in [0.05, 0.1) is 0 Å². The number of aryl methyl sites for hydroxylation is 1. The Balaban J connectivity index is 2.13. The lowest BCUT2D eigenvalue weighted by Gasteiger charge is -2.16. The van der Waals surface area contributed by atoms with Crippen molar-refractivity contribution in [3.8, 4) is 0 Å². The lowest BCUT2D eigenvalue weighted by atomic mass is 10.1. The van der Waals surface area contributed by atoms with Gasteiger partial charge in [0, 0.05) is 11.8 Å². The molecule has 1 amide bonds. The number of benzene rings is 1. The van der Waals surface area contributed by atoms with Gasteiger partial charge >= 0.3 is 0 Å². The van der Waals surface area contributed by atoms with Gasteiger partial charge in [-0.3, -0.25) is 4.79 Å². The fourth-order valence-corrected chi connectivity index (χ4v) is 2.22. The lowest BCUT2D eigenvalue weighted by Crippen LogP contribution is -2.33. The third kappa shape index (κ3) is 6.10. The molecular formula is C15H23NOS. The maximum atomic E-state index is 11.6. The molecule has 0 saturated carbocycles. The van der Waals surface area contributed by atoms with Gasteiger partial charge in [-0.2, -0.15) is 0 Å². The van der Waals surface area contributed by atoms with Crippen LogP contribution in [0.25, 0.3) is 0 Å². The van der Waals surface area contributed by atoms with Crippen molar-refractivity contribution in [3.63, 3.8) is 0 Å². The summed E-state index contributed by atoms with van der Waals surface area (Å²) < 4.78 is 0. The first-order valence-corrected chi connectivity index (χ1v) is 7.55. The van der Waals surface area contributed by atoms with E-state index >= 15 is 0 Å². The summed E-state index contributed by atoms with van der Waals surface area (Å²) in [6.07, 6.45) is 2.08. The molecule has 0 radical (unpaired) electrons. The quantitative estimate of drug-likeness (QED) is 0.784. The molecule has 0 aliphatic heterocycles. The minimum atomic E-state index is 0.101. The monoisotopic (exact) mass is 265 g/mol. The predicted molar refractivity (Wildman–Crippen MR) is 80.1 cm³/mol. The van der Waals surface area contributed by atoms with Crippen LogP contribution in [0.1, 0.15) is 32.8 Å². The molecule has 0 aromatic heterocycles. The molecule has 0 aliphatic carbocycles. The van der Waals surface area contributed by atoms with Crippen LogP contribution in [0.2, 0.25) is 0 Å². The van der Waals surface area contributed by atoms with Crippen molar-refractivity contribution >= 4 is 17.0 Å². The molecule has 1 unspecified atom stereocenters. The third-order valence-electron chi connectivity index (χ3n) is 3.03. The molecule has 100 valence electrons. The van der Waals surface area contributed by atoms with Crippen LogP contribution in [0.4, 0.5) is 4.79 Å². The molecule has 0 bridgehead atoms. The van der Waals surface area contributed by atoms with Gasteiger partial charge in [0.25, 0.3) is 5.24 Å². The molecule has 0 saturated heterocycles. The summed E-state index contributed by atoms with van der Waals surface area (Å²) in [6.45, 7) is 6.28. The van der Waals surface area contributed by atoms with E-state index in [1.54, 1.807) is 0 Å². The highest BCUT2D eigenvalue weighted by Gasteiger charge is 2.10. The van der Waals surface area contributed by atoms with E-state index in [9.17, 15) is 4.79 Å². The van der Waals surface area contributed by atoms with Crippen LogP contribution in [0, 0.1) is 5.92 Å². The van der Waals surface area contributed by atoms with Crippen LogP contribution >= 0.6 is 11.8 Å². The maximum Gasteiger partial charge on any atom is 0.279 e. The molecule has 0 aliphatic rings. The van der Waals surface area contributed by atoms with Gasteiger partial charge in [-0.1, -0.05) is 55.9 Å². The smallest absolute Gasteiger partial charge is 0.279 e. The van der Waals surface area contributed by atoms with Gasteiger partial charge in [-0.25, -0.2) is 0 Å². The Morgan fingerprint density at radius 3 is 2.50 bits per heavy atom. The second kappa shape index (κ2) is 8.20. The Morgan fingerprint density at radius 2 is 1.89 bits per heavy atom. The SMILES string of the molecule is CC(C)C(C)NC(=O)SCCCc1ccccc1. The molecule has 1 aromatic rings. The van der Waals surface area contributed by atoms with E-state index in [-0.39, 0.29) is 11.3 Å². The highest BCUT2D eigenvalue weighted by Crippen LogP contribution is 2.10. The number of carbonyl (C=O) groups excluding carboxylic acids is 1. The van der Waals surface area contributed by atoms with E-state index in [1.165, 1.54) is 17.3 Å². The summed E-state index contributed by atoms with van der Waals surface area (Å²) in [4.78, 5) is 11.6. The number of rotatable bonds is 6. The average molecular weight is 265 g/mol. The van der Waals surface area contributed by atoms with Crippen molar-refractivity contribution in [3.05, 3.63) is 35.9 Å². The molecule has 1 aromatic carbocycles. The fraction of sp³-hybridized carbons (Fsp3) is 0.533.